The van der Waals surface area contributed by atoms with E-state index in [4.69, 9.17) is 16.6 Å². The molecule has 17 heavy (non-hydrogen) atoms. The fraction of sp³-hybridized carbons (Fsp3) is 0.273. The first-order valence-electron chi connectivity index (χ1n) is 4.80. The van der Waals surface area contributed by atoms with Crippen LogP contribution < -0.4 is 11.5 Å². The quantitative estimate of drug-likeness (QED) is 0.663. The van der Waals surface area contributed by atoms with Gasteiger partial charge in [0.05, 0.1) is 0 Å². The van der Waals surface area contributed by atoms with Crippen molar-refractivity contribution in [2.45, 2.75) is 18.5 Å². The van der Waals surface area contributed by atoms with Gasteiger partial charge in [0.2, 0.25) is 0 Å². The molecule has 0 radical (unpaired) electrons. The molecule has 5 nitrogen and oxygen atoms in total. The predicted octanol–water partition coefficient (Wildman–Crippen LogP) is 0.395. The monoisotopic (exact) mass is 258 g/mol. The summed E-state index contributed by atoms with van der Waals surface area (Å²) in [6, 6.07) is 6.56. The van der Waals surface area contributed by atoms with Crippen molar-refractivity contribution < 1.29 is 14.7 Å². The molecule has 0 fully saturated rings. The lowest BCUT2D eigenvalue weighted by atomic mass is 9.88. The van der Waals surface area contributed by atoms with Crippen LogP contribution in [0.25, 0.3) is 0 Å². The zero-order chi connectivity index (χ0) is 12.2. The molecule has 0 aliphatic heterocycles. The van der Waals surface area contributed by atoms with E-state index >= 15 is 0 Å². The van der Waals surface area contributed by atoms with E-state index in [1.54, 1.807) is 24.3 Å². The first kappa shape index (κ1) is 15.6. The van der Waals surface area contributed by atoms with Gasteiger partial charge >= 0.3 is 5.97 Å². The van der Waals surface area contributed by atoms with Crippen molar-refractivity contribution in [3.8, 4) is 0 Å². The maximum Gasteiger partial charge on any atom is 0.328 e. The molecule has 1 aromatic rings. The zero-order valence-corrected chi connectivity index (χ0v) is 9.94. The van der Waals surface area contributed by atoms with Gasteiger partial charge in [-0.3, -0.25) is 0 Å². The maximum atomic E-state index is 11.1. The van der Waals surface area contributed by atoms with E-state index in [1.807, 2.05) is 0 Å². The molecule has 0 bridgehead atoms. The van der Waals surface area contributed by atoms with E-state index in [1.165, 1.54) is 0 Å². The number of benzene rings is 1. The number of aldehydes is 1. The summed E-state index contributed by atoms with van der Waals surface area (Å²) in [5.41, 5.74) is 10.7. The highest BCUT2D eigenvalue weighted by Crippen LogP contribution is 2.22. The predicted molar refractivity (Wildman–Crippen MR) is 65.8 cm³/mol. The van der Waals surface area contributed by atoms with Gasteiger partial charge in [0, 0.05) is 13.0 Å². The highest BCUT2D eigenvalue weighted by atomic mass is 35.5. The highest BCUT2D eigenvalue weighted by Gasteiger charge is 2.35. The standard InChI is InChI=1S/C11H14N2O3.ClH/c12-7-8-1-3-9(4-2-8)11(13,5-6-14)10(15)16;/h1-4,6H,5,7,12-13H2,(H,15,16);1H. The minimum atomic E-state index is -1.66. The molecule has 0 aromatic heterocycles. The van der Waals surface area contributed by atoms with Gasteiger partial charge in [-0.1, -0.05) is 24.3 Å². The first-order chi connectivity index (χ1) is 7.54. The van der Waals surface area contributed by atoms with Crippen LogP contribution in [0, 0.1) is 0 Å². The molecule has 1 atom stereocenters. The van der Waals surface area contributed by atoms with Gasteiger partial charge in [-0.2, -0.15) is 0 Å². The van der Waals surface area contributed by atoms with Crippen LogP contribution >= 0.6 is 12.4 Å². The number of rotatable bonds is 5. The number of aliphatic carboxylic acids is 1. The fourth-order valence-electron chi connectivity index (χ4n) is 1.40. The Morgan fingerprint density at radius 2 is 1.88 bits per heavy atom. The molecule has 1 aromatic carbocycles. The van der Waals surface area contributed by atoms with Crippen LogP contribution in [-0.4, -0.2) is 17.4 Å². The molecular formula is C11H15ClN2O3. The highest BCUT2D eigenvalue weighted by molar-refractivity contribution is 5.85. The number of nitrogens with two attached hydrogens (primary N) is 2. The average molecular weight is 259 g/mol. The first-order valence-corrected chi connectivity index (χ1v) is 4.80. The fourth-order valence-corrected chi connectivity index (χ4v) is 1.40. The van der Waals surface area contributed by atoms with Crippen LogP contribution in [0.3, 0.4) is 0 Å². The number of halogens is 1. The van der Waals surface area contributed by atoms with Gasteiger partial charge in [-0.25, -0.2) is 4.79 Å². The van der Waals surface area contributed by atoms with E-state index in [2.05, 4.69) is 0 Å². The molecule has 1 rings (SSSR count). The normalized spacial score (nSPS) is 13.3. The second-order valence-corrected chi connectivity index (χ2v) is 3.55. The van der Waals surface area contributed by atoms with Crippen molar-refractivity contribution in [2.24, 2.45) is 11.5 Å². The molecule has 0 spiro atoms. The van der Waals surface area contributed by atoms with E-state index in [0.717, 1.165) is 5.56 Å². The third-order valence-corrected chi connectivity index (χ3v) is 2.49. The minimum Gasteiger partial charge on any atom is -0.480 e. The van der Waals surface area contributed by atoms with Gasteiger partial charge in [0.1, 0.15) is 11.8 Å². The minimum absolute atomic E-state index is 0. The average Bonchev–Trinajstić information content (AvgIpc) is 2.29. The zero-order valence-electron chi connectivity index (χ0n) is 9.13. The van der Waals surface area contributed by atoms with Gasteiger partial charge in [-0.05, 0) is 11.1 Å². The van der Waals surface area contributed by atoms with Crippen molar-refractivity contribution in [3.05, 3.63) is 35.4 Å². The van der Waals surface area contributed by atoms with E-state index in [0.29, 0.717) is 18.4 Å². The summed E-state index contributed by atoms with van der Waals surface area (Å²) in [5, 5.41) is 9.03. The van der Waals surface area contributed by atoms with E-state index in [-0.39, 0.29) is 18.8 Å². The lowest BCUT2D eigenvalue weighted by Gasteiger charge is -2.22. The number of hydrogen-bond acceptors (Lipinski definition) is 4. The molecule has 0 aliphatic rings. The van der Waals surface area contributed by atoms with Crippen LogP contribution in [0.2, 0.25) is 0 Å². The number of carboxylic acid groups (broad SMARTS) is 1. The molecule has 0 saturated carbocycles. The van der Waals surface area contributed by atoms with Crippen LogP contribution in [0.15, 0.2) is 24.3 Å². The summed E-state index contributed by atoms with van der Waals surface area (Å²) in [6.07, 6.45) is 0.245. The van der Waals surface area contributed by atoms with Gasteiger partial charge < -0.3 is 21.4 Å². The van der Waals surface area contributed by atoms with Crippen LogP contribution in [0.1, 0.15) is 17.5 Å². The van der Waals surface area contributed by atoms with E-state index < -0.39 is 11.5 Å². The van der Waals surface area contributed by atoms with Gasteiger partial charge in [0.15, 0.2) is 0 Å². The number of carbonyl (C=O) groups excluding carboxylic acids is 1. The molecule has 94 valence electrons. The summed E-state index contributed by atoms with van der Waals surface area (Å²) >= 11 is 0. The second-order valence-electron chi connectivity index (χ2n) is 3.55. The number of carboxylic acids is 1. The number of hydrogen-bond donors (Lipinski definition) is 3. The molecule has 1 unspecified atom stereocenters. The van der Waals surface area contributed by atoms with Crippen molar-refractivity contribution in [1.82, 2.24) is 0 Å². The van der Waals surface area contributed by atoms with Crippen molar-refractivity contribution in [1.29, 1.82) is 0 Å². The maximum absolute atomic E-state index is 11.1. The second kappa shape index (κ2) is 6.34. The molecular weight excluding hydrogens is 244 g/mol. The Labute approximate surface area is 105 Å². The summed E-state index contributed by atoms with van der Waals surface area (Å²) in [4.78, 5) is 21.5. The SMILES string of the molecule is Cl.NCc1ccc(C(N)(CC=O)C(=O)O)cc1. The largest absolute Gasteiger partial charge is 0.480 e. The Bertz CT molecular complexity index is 394. The third-order valence-electron chi connectivity index (χ3n) is 2.49. The lowest BCUT2D eigenvalue weighted by Crippen LogP contribution is -2.45. The topological polar surface area (TPSA) is 106 Å². The molecule has 0 aliphatic carbocycles. The smallest absolute Gasteiger partial charge is 0.328 e. The van der Waals surface area contributed by atoms with Crippen molar-refractivity contribution in [3.63, 3.8) is 0 Å². The van der Waals surface area contributed by atoms with E-state index in [9.17, 15) is 9.59 Å². The number of carbonyl (C=O) groups is 2. The summed E-state index contributed by atoms with van der Waals surface area (Å²) < 4.78 is 0. The Hall–Kier alpha value is -1.43. The summed E-state index contributed by atoms with van der Waals surface area (Å²) in [7, 11) is 0. The molecule has 0 amide bonds. The Balaban J connectivity index is 0.00000256. The Morgan fingerprint density at radius 3 is 2.24 bits per heavy atom. The van der Waals surface area contributed by atoms with Gasteiger partial charge in [-0.15, -0.1) is 12.4 Å². The lowest BCUT2D eigenvalue weighted by molar-refractivity contribution is -0.144. The summed E-state index contributed by atoms with van der Waals surface area (Å²) in [6.45, 7) is 0.374. The molecule has 5 N–H and O–H groups in total. The molecule has 0 heterocycles. The van der Waals surface area contributed by atoms with Crippen LogP contribution in [0.4, 0.5) is 0 Å². The summed E-state index contributed by atoms with van der Waals surface area (Å²) in [5.74, 6) is -1.22. The molecule has 0 saturated heterocycles. The van der Waals surface area contributed by atoms with Crippen molar-refractivity contribution in [2.75, 3.05) is 0 Å². The van der Waals surface area contributed by atoms with Gasteiger partial charge in [0.25, 0.3) is 0 Å². The Kier molecular flexibility index (Phi) is 5.81. The molecule has 6 heteroatoms. The van der Waals surface area contributed by atoms with Crippen molar-refractivity contribution >= 4 is 24.7 Å². The Morgan fingerprint density at radius 1 is 1.35 bits per heavy atom. The third kappa shape index (κ3) is 3.26. The van der Waals surface area contributed by atoms with Crippen LogP contribution in [-0.2, 0) is 21.7 Å². The van der Waals surface area contributed by atoms with Crippen LogP contribution in [0.5, 0.6) is 0 Å².